The third-order valence-electron chi connectivity index (χ3n) is 5.52. The number of nitrogens with zero attached hydrogens (tertiary/aromatic N) is 3. The molecule has 156 valence electrons. The Balaban J connectivity index is 1.41. The number of benzene rings is 1. The van der Waals surface area contributed by atoms with E-state index in [0.29, 0.717) is 6.04 Å². The average molecular weight is 394 g/mol. The number of aliphatic imine (C=N–C) groups is 1. The molecule has 1 aliphatic rings. The molecule has 3 rings (SSSR count). The highest BCUT2D eigenvalue weighted by Gasteiger charge is 2.22. The first-order chi connectivity index (χ1) is 14.0. The Bertz CT molecular complexity index is 749. The molecule has 1 saturated heterocycles. The molecule has 5 heteroatoms. The van der Waals surface area contributed by atoms with Crippen LogP contribution in [0.2, 0.25) is 0 Å². The molecule has 0 atom stereocenters. The standard InChI is InChI=1S/C24H35N5/c1-24(2,17-20-9-5-4-6-10-20)19-27-23(25-3)28-21-12-15-29(16-13-21)18-22-11-7-8-14-26-22/h4-11,14,21H,12-13,15-19H2,1-3H3,(H2,25,27,28). The monoisotopic (exact) mass is 393 g/mol. The first-order valence-electron chi connectivity index (χ1n) is 10.7. The number of likely N-dealkylation sites (tertiary alicyclic amines) is 1. The smallest absolute Gasteiger partial charge is 0.191 e. The summed E-state index contributed by atoms with van der Waals surface area (Å²) in [5, 5.41) is 7.17. The SMILES string of the molecule is CN=C(NCC(C)(C)Cc1ccccc1)NC1CCN(Cc2ccccn2)CC1. The van der Waals surface area contributed by atoms with Gasteiger partial charge in [-0.15, -0.1) is 0 Å². The molecule has 0 spiro atoms. The van der Waals surface area contributed by atoms with Gasteiger partial charge in [0.1, 0.15) is 0 Å². The summed E-state index contributed by atoms with van der Waals surface area (Å²) in [5.41, 5.74) is 2.69. The van der Waals surface area contributed by atoms with Gasteiger partial charge < -0.3 is 10.6 Å². The molecule has 1 fully saturated rings. The van der Waals surface area contributed by atoms with Crippen molar-refractivity contribution in [1.29, 1.82) is 0 Å². The van der Waals surface area contributed by atoms with E-state index in [4.69, 9.17) is 0 Å². The van der Waals surface area contributed by atoms with Crippen LogP contribution in [0.1, 0.15) is 37.9 Å². The van der Waals surface area contributed by atoms with Gasteiger partial charge in [0.05, 0.1) is 5.69 Å². The quantitative estimate of drug-likeness (QED) is 0.559. The lowest BCUT2D eigenvalue weighted by Crippen LogP contribution is -2.50. The third-order valence-corrected chi connectivity index (χ3v) is 5.52. The van der Waals surface area contributed by atoms with Gasteiger partial charge in [0.25, 0.3) is 0 Å². The zero-order chi connectivity index (χ0) is 20.5. The summed E-state index contributed by atoms with van der Waals surface area (Å²) >= 11 is 0. The number of rotatable bonds is 7. The molecular weight excluding hydrogens is 358 g/mol. The molecule has 29 heavy (non-hydrogen) atoms. The predicted octanol–water partition coefficient (Wildman–Crippen LogP) is 3.48. The molecule has 0 saturated carbocycles. The lowest BCUT2D eigenvalue weighted by atomic mass is 9.86. The Labute approximate surface area is 175 Å². The number of aromatic nitrogens is 1. The van der Waals surface area contributed by atoms with E-state index in [2.05, 4.69) is 81.8 Å². The molecule has 0 radical (unpaired) electrons. The second kappa shape index (κ2) is 10.4. The summed E-state index contributed by atoms with van der Waals surface area (Å²) in [6.45, 7) is 8.61. The summed E-state index contributed by atoms with van der Waals surface area (Å²) in [6, 6.07) is 17.3. The van der Waals surface area contributed by atoms with Gasteiger partial charge in [-0.1, -0.05) is 50.2 Å². The van der Waals surface area contributed by atoms with Crippen LogP contribution in [0.3, 0.4) is 0 Å². The fourth-order valence-electron chi connectivity index (χ4n) is 3.88. The van der Waals surface area contributed by atoms with Crippen molar-refractivity contribution in [2.75, 3.05) is 26.7 Å². The van der Waals surface area contributed by atoms with Gasteiger partial charge >= 0.3 is 0 Å². The van der Waals surface area contributed by atoms with Crippen molar-refractivity contribution < 1.29 is 0 Å². The largest absolute Gasteiger partial charge is 0.356 e. The van der Waals surface area contributed by atoms with E-state index < -0.39 is 0 Å². The number of hydrogen-bond acceptors (Lipinski definition) is 3. The first kappa shape index (κ1) is 21.3. The maximum absolute atomic E-state index is 4.45. The summed E-state index contributed by atoms with van der Waals surface area (Å²) < 4.78 is 0. The summed E-state index contributed by atoms with van der Waals surface area (Å²) in [6.07, 6.45) is 5.17. The van der Waals surface area contributed by atoms with Gasteiger partial charge in [0.2, 0.25) is 0 Å². The lowest BCUT2D eigenvalue weighted by molar-refractivity contribution is 0.196. The molecule has 2 heterocycles. The molecule has 0 aliphatic carbocycles. The molecule has 2 N–H and O–H groups in total. The molecule has 0 unspecified atom stereocenters. The minimum Gasteiger partial charge on any atom is -0.356 e. The van der Waals surface area contributed by atoms with Gasteiger partial charge in [-0.25, -0.2) is 0 Å². The highest BCUT2D eigenvalue weighted by molar-refractivity contribution is 5.80. The topological polar surface area (TPSA) is 52.6 Å². The van der Waals surface area contributed by atoms with Crippen molar-refractivity contribution in [3.8, 4) is 0 Å². The zero-order valence-electron chi connectivity index (χ0n) is 18.1. The number of pyridine rings is 1. The van der Waals surface area contributed by atoms with Crippen molar-refractivity contribution >= 4 is 5.96 Å². The van der Waals surface area contributed by atoms with E-state index >= 15 is 0 Å². The minimum absolute atomic E-state index is 0.158. The Hall–Kier alpha value is -2.40. The lowest BCUT2D eigenvalue weighted by Gasteiger charge is -2.33. The Morgan fingerprint density at radius 3 is 2.48 bits per heavy atom. The summed E-state index contributed by atoms with van der Waals surface area (Å²) in [4.78, 5) is 11.4. The number of piperidine rings is 1. The second-order valence-electron chi connectivity index (χ2n) is 8.77. The van der Waals surface area contributed by atoms with Gasteiger partial charge in [0, 0.05) is 45.5 Å². The molecule has 1 aromatic heterocycles. The van der Waals surface area contributed by atoms with Crippen LogP contribution in [-0.4, -0.2) is 48.6 Å². The molecule has 0 amide bonds. The third kappa shape index (κ3) is 7.17. The fraction of sp³-hybridized carbons (Fsp3) is 0.500. The van der Waals surface area contributed by atoms with Crippen LogP contribution in [0, 0.1) is 5.41 Å². The van der Waals surface area contributed by atoms with E-state index in [-0.39, 0.29) is 5.41 Å². The zero-order valence-corrected chi connectivity index (χ0v) is 18.1. The van der Waals surface area contributed by atoms with Crippen molar-refractivity contribution in [2.24, 2.45) is 10.4 Å². The Morgan fingerprint density at radius 2 is 1.83 bits per heavy atom. The van der Waals surface area contributed by atoms with E-state index in [1.165, 1.54) is 5.56 Å². The fourth-order valence-corrected chi connectivity index (χ4v) is 3.88. The van der Waals surface area contributed by atoms with Gasteiger partial charge in [-0.3, -0.25) is 14.9 Å². The van der Waals surface area contributed by atoms with Crippen LogP contribution in [0.4, 0.5) is 0 Å². The van der Waals surface area contributed by atoms with E-state index in [9.17, 15) is 0 Å². The van der Waals surface area contributed by atoms with Crippen molar-refractivity contribution in [3.05, 3.63) is 66.0 Å². The number of guanidine groups is 1. The van der Waals surface area contributed by atoms with Crippen LogP contribution in [-0.2, 0) is 13.0 Å². The van der Waals surface area contributed by atoms with Gasteiger partial charge in [0.15, 0.2) is 5.96 Å². The van der Waals surface area contributed by atoms with E-state index in [0.717, 1.165) is 57.1 Å². The number of nitrogens with one attached hydrogen (secondary N) is 2. The summed E-state index contributed by atoms with van der Waals surface area (Å²) in [5.74, 6) is 0.911. The van der Waals surface area contributed by atoms with Crippen molar-refractivity contribution in [2.45, 2.75) is 45.7 Å². The summed E-state index contributed by atoms with van der Waals surface area (Å²) in [7, 11) is 1.86. The van der Waals surface area contributed by atoms with E-state index in [1.54, 1.807) is 0 Å². The molecule has 0 bridgehead atoms. The highest BCUT2D eigenvalue weighted by Crippen LogP contribution is 2.20. The van der Waals surface area contributed by atoms with Crippen LogP contribution < -0.4 is 10.6 Å². The van der Waals surface area contributed by atoms with Crippen LogP contribution in [0.15, 0.2) is 59.7 Å². The maximum atomic E-state index is 4.45. The highest BCUT2D eigenvalue weighted by atomic mass is 15.2. The molecule has 5 nitrogen and oxygen atoms in total. The van der Waals surface area contributed by atoms with Crippen LogP contribution >= 0.6 is 0 Å². The van der Waals surface area contributed by atoms with Gasteiger partial charge in [-0.2, -0.15) is 0 Å². The van der Waals surface area contributed by atoms with Crippen molar-refractivity contribution in [3.63, 3.8) is 0 Å². The Kier molecular flexibility index (Phi) is 7.64. The first-order valence-corrected chi connectivity index (χ1v) is 10.7. The van der Waals surface area contributed by atoms with Gasteiger partial charge in [-0.05, 0) is 42.4 Å². The molecule has 2 aromatic rings. The molecular formula is C24H35N5. The minimum atomic E-state index is 0.158. The molecule has 1 aliphatic heterocycles. The predicted molar refractivity (Wildman–Crippen MR) is 121 cm³/mol. The van der Waals surface area contributed by atoms with Crippen LogP contribution in [0.5, 0.6) is 0 Å². The second-order valence-corrected chi connectivity index (χ2v) is 8.77. The maximum Gasteiger partial charge on any atom is 0.191 e. The normalized spacial score (nSPS) is 16.6. The van der Waals surface area contributed by atoms with Crippen LogP contribution in [0.25, 0.3) is 0 Å². The Morgan fingerprint density at radius 1 is 1.10 bits per heavy atom. The number of hydrogen-bond donors (Lipinski definition) is 2. The van der Waals surface area contributed by atoms with E-state index in [1.807, 2.05) is 19.3 Å². The average Bonchev–Trinajstić information content (AvgIpc) is 2.73. The van der Waals surface area contributed by atoms with Crippen molar-refractivity contribution in [1.82, 2.24) is 20.5 Å². The molecule has 1 aromatic carbocycles.